The van der Waals surface area contributed by atoms with Crippen LogP contribution < -0.4 is 0 Å². The molecule has 0 saturated heterocycles. The Balaban J connectivity index is 1.76. The summed E-state index contributed by atoms with van der Waals surface area (Å²) in [5.41, 5.74) is 5.93. The first kappa shape index (κ1) is 16.6. The van der Waals surface area contributed by atoms with Crippen LogP contribution in [0.15, 0.2) is 91.0 Å². The molecule has 1 aromatic heterocycles. The highest BCUT2D eigenvalue weighted by Gasteiger charge is 2.12. The maximum Gasteiger partial charge on any atom is 0.0992 e. The SMILES string of the molecule is N#Cc1ccc(-c2cccc(-n3c4ccccc4c4ccccc43)c2)c(Cl)c1. The van der Waals surface area contributed by atoms with Crippen molar-refractivity contribution in [2.24, 2.45) is 0 Å². The summed E-state index contributed by atoms with van der Waals surface area (Å²) in [4.78, 5) is 0. The Morgan fingerprint density at radius 2 is 1.39 bits per heavy atom. The third kappa shape index (κ3) is 2.57. The Morgan fingerprint density at radius 3 is 2.04 bits per heavy atom. The van der Waals surface area contributed by atoms with E-state index >= 15 is 0 Å². The van der Waals surface area contributed by atoms with Crippen LogP contribution in [-0.4, -0.2) is 4.57 Å². The average molecular weight is 379 g/mol. The van der Waals surface area contributed by atoms with E-state index in [1.165, 1.54) is 21.8 Å². The van der Waals surface area contributed by atoms with Gasteiger partial charge in [-0.05, 0) is 42.0 Å². The van der Waals surface area contributed by atoms with Gasteiger partial charge in [-0.25, -0.2) is 0 Å². The molecule has 2 nitrogen and oxygen atoms in total. The van der Waals surface area contributed by atoms with Gasteiger partial charge in [0, 0.05) is 27.0 Å². The molecule has 1 heterocycles. The Morgan fingerprint density at radius 1 is 0.714 bits per heavy atom. The average Bonchev–Trinajstić information content (AvgIpc) is 3.08. The molecular formula is C25H15ClN2. The summed E-state index contributed by atoms with van der Waals surface area (Å²) >= 11 is 6.45. The highest BCUT2D eigenvalue weighted by Crippen LogP contribution is 2.34. The molecule has 5 rings (SSSR count). The molecular weight excluding hydrogens is 364 g/mol. The Bertz CT molecular complexity index is 1340. The second-order valence-corrected chi connectivity index (χ2v) is 7.13. The molecule has 3 heteroatoms. The lowest BCUT2D eigenvalue weighted by atomic mass is 10.0. The molecule has 0 unspecified atom stereocenters. The zero-order valence-corrected chi connectivity index (χ0v) is 15.7. The molecule has 0 aliphatic carbocycles. The standard InChI is InChI=1S/C25H15ClN2/c26-23-14-17(16-27)12-13-20(23)18-6-5-7-19(15-18)28-24-10-3-1-8-21(24)22-9-2-4-11-25(22)28/h1-15H. The van der Waals surface area contributed by atoms with E-state index < -0.39 is 0 Å². The van der Waals surface area contributed by atoms with E-state index in [4.69, 9.17) is 16.9 Å². The van der Waals surface area contributed by atoms with E-state index in [1.54, 1.807) is 12.1 Å². The number of para-hydroxylation sites is 2. The number of hydrogen-bond donors (Lipinski definition) is 0. The van der Waals surface area contributed by atoms with Crippen molar-refractivity contribution >= 4 is 33.4 Å². The fourth-order valence-corrected chi connectivity index (χ4v) is 4.12. The predicted molar refractivity (Wildman–Crippen MR) is 116 cm³/mol. The molecule has 0 N–H and O–H groups in total. The molecule has 0 fully saturated rings. The molecule has 0 spiro atoms. The number of halogens is 1. The summed E-state index contributed by atoms with van der Waals surface area (Å²) in [5, 5.41) is 12.1. The van der Waals surface area contributed by atoms with Gasteiger partial charge in [-0.2, -0.15) is 5.26 Å². The minimum absolute atomic E-state index is 0.562. The zero-order valence-electron chi connectivity index (χ0n) is 14.9. The van der Waals surface area contributed by atoms with Gasteiger partial charge in [0.15, 0.2) is 0 Å². The van der Waals surface area contributed by atoms with Gasteiger partial charge in [0.25, 0.3) is 0 Å². The molecule has 132 valence electrons. The Kier molecular flexibility index (Phi) is 3.90. The van der Waals surface area contributed by atoms with Gasteiger partial charge in [0.2, 0.25) is 0 Å². The summed E-state index contributed by atoms with van der Waals surface area (Å²) < 4.78 is 2.28. The number of rotatable bonds is 2. The Hall–Kier alpha value is -3.54. The molecule has 0 bridgehead atoms. The van der Waals surface area contributed by atoms with Gasteiger partial charge < -0.3 is 4.57 Å². The maximum absolute atomic E-state index is 9.08. The minimum Gasteiger partial charge on any atom is -0.309 e. The second-order valence-electron chi connectivity index (χ2n) is 6.73. The molecule has 0 aliphatic heterocycles. The van der Waals surface area contributed by atoms with E-state index in [0.717, 1.165) is 16.8 Å². The number of aromatic nitrogens is 1. The second kappa shape index (κ2) is 6.56. The van der Waals surface area contributed by atoms with Crippen LogP contribution in [0.1, 0.15) is 5.56 Å². The normalized spacial score (nSPS) is 11.0. The van der Waals surface area contributed by atoms with Crippen LogP contribution in [0.2, 0.25) is 5.02 Å². The van der Waals surface area contributed by atoms with Crippen LogP contribution in [0.3, 0.4) is 0 Å². The van der Waals surface area contributed by atoms with Gasteiger partial charge >= 0.3 is 0 Å². The van der Waals surface area contributed by atoms with E-state index in [-0.39, 0.29) is 0 Å². The first-order valence-corrected chi connectivity index (χ1v) is 9.43. The van der Waals surface area contributed by atoms with Crippen LogP contribution in [0.25, 0.3) is 38.6 Å². The Labute approximate surface area is 167 Å². The minimum atomic E-state index is 0.562. The number of nitriles is 1. The van der Waals surface area contributed by atoms with Crippen molar-refractivity contribution in [2.75, 3.05) is 0 Å². The quantitative estimate of drug-likeness (QED) is 0.326. The number of hydrogen-bond acceptors (Lipinski definition) is 1. The van der Waals surface area contributed by atoms with Crippen molar-refractivity contribution in [3.63, 3.8) is 0 Å². The van der Waals surface area contributed by atoms with Crippen molar-refractivity contribution < 1.29 is 0 Å². The van der Waals surface area contributed by atoms with Gasteiger partial charge in [-0.15, -0.1) is 0 Å². The van der Waals surface area contributed by atoms with Gasteiger partial charge in [0.1, 0.15) is 0 Å². The summed E-state index contributed by atoms with van der Waals surface area (Å²) in [7, 11) is 0. The maximum atomic E-state index is 9.08. The van der Waals surface area contributed by atoms with Crippen LogP contribution in [0, 0.1) is 11.3 Å². The predicted octanol–water partition coefficient (Wildman–Crippen LogP) is 6.98. The van der Waals surface area contributed by atoms with E-state index in [2.05, 4.69) is 71.3 Å². The first-order chi connectivity index (χ1) is 13.8. The highest BCUT2D eigenvalue weighted by molar-refractivity contribution is 6.33. The summed E-state index contributed by atoms with van der Waals surface area (Å²) in [6.07, 6.45) is 0. The van der Waals surface area contributed by atoms with Crippen LogP contribution in [0.4, 0.5) is 0 Å². The van der Waals surface area contributed by atoms with Crippen LogP contribution in [-0.2, 0) is 0 Å². The molecule has 0 amide bonds. The topological polar surface area (TPSA) is 28.7 Å². The van der Waals surface area contributed by atoms with Crippen LogP contribution >= 0.6 is 11.6 Å². The smallest absolute Gasteiger partial charge is 0.0992 e. The molecule has 0 saturated carbocycles. The lowest BCUT2D eigenvalue weighted by molar-refractivity contribution is 1.18. The van der Waals surface area contributed by atoms with Gasteiger partial charge in [-0.3, -0.25) is 0 Å². The summed E-state index contributed by atoms with van der Waals surface area (Å²) in [5.74, 6) is 0. The van der Waals surface area contributed by atoms with E-state index in [9.17, 15) is 0 Å². The number of fused-ring (bicyclic) bond motifs is 3. The van der Waals surface area contributed by atoms with Crippen molar-refractivity contribution in [1.82, 2.24) is 4.57 Å². The highest BCUT2D eigenvalue weighted by atomic mass is 35.5. The monoisotopic (exact) mass is 378 g/mol. The molecule has 5 aromatic rings. The van der Waals surface area contributed by atoms with Crippen molar-refractivity contribution in [3.8, 4) is 22.9 Å². The number of benzene rings is 4. The van der Waals surface area contributed by atoms with Crippen molar-refractivity contribution in [2.45, 2.75) is 0 Å². The first-order valence-electron chi connectivity index (χ1n) is 9.05. The molecule has 28 heavy (non-hydrogen) atoms. The van der Waals surface area contributed by atoms with Gasteiger partial charge in [-0.1, -0.05) is 66.2 Å². The third-order valence-electron chi connectivity index (χ3n) is 5.09. The zero-order chi connectivity index (χ0) is 19.1. The van der Waals surface area contributed by atoms with E-state index in [0.29, 0.717) is 10.6 Å². The molecule has 0 aliphatic rings. The van der Waals surface area contributed by atoms with Crippen molar-refractivity contribution in [3.05, 3.63) is 102 Å². The molecule has 0 radical (unpaired) electrons. The lowest BCUT2D eigenvalue weighted by Gasteiger charge is -2.11. The fraction of sp³-hybridized carbons (Fsp3) is 0. The summed E-state index contributed by atoms with van der Waals surface area (Å²) in [6.45, 7) is 0. The molecule has 0 atom stereocenters. The largest absolute Gasteiger partial charge is 0.309 e. The number of nitrogens with zero attached hydrogens (tertiary/aromatic N) is 2. The third-order valence-corrected chi connectivity index (χ3v) is 5.41. The van der Waals surface area contributed by atoms with E-state index in [1.807, 2.05) is 18.2 Å². The van der Waals surface area contributed by atoms with Gasteiger partial charge in [0.05, 0.1) is 22.7 Å². The molecule has 4 aromatic carbocycles. The summed E-state index contributed by atoms with van der Waals surface area (Å²) in [6, 6.07) is 32.8. The fourth-order valence-electron chi connectivity index (χ4n) is 3.83. The lowest BCUT2D eigenvalue weighted by Crippen LogP contribution is -1.94. The van der Waals surface area contributed by atoms with Crippen LogP contribution in [0.5, 0.6) is 0 Å². The van der Waals surface area contributed by atoms with Crippen molar-refractivity contribution in [1.29, 1.82) is 5.26 Å².